The fourth-order valence-corrected chi connectivity index (χ4v) is 1.51. The summed E-state index contributed by atoms with van der Waals surface area (Å²) in [5, 5.41) is 2.89. The molecule has 1 aliphatic heterocycles. The fraction of sp³-hybridized carbons (Fsp3) is 0.727. The fourth-order valence-electron chi connectivity index (χ4n) is 1.51. The van der Waals surface area contributed by atoms with E-state index in [1.165, 1.54) is 4.90 Å². The van der Waals surface area contributed by atoms with Crippen LogP contribution in [0, 0.1) is 0 Å². The van der Waals surface area contributed by atoms with Crippen LogP contribution in [0.4, 0.5) is 4.79 Å². The molecule has 0 bridgehead atoms. The molecule has 1 N–H and O–H groups in total. The Hall–Kier alpha value is -1.43. The normalized spacial score (nSPS) is 20.9. The number of nitrogens with one attached hydrogen (secondary N) is 1. The first-order valence-corrected chi connectivity index (χ1v) is 5.54. The predicted molar refractivity (Wildman–Crippen MR) is 60.7 cm³/mol. The minimum Gasteiger partial charge on any atom is -0.444 e. The summed E-state index contributed by atoms with van der Waals surface area (Å²) >= 11 is 0. The quantitative estimate of drug-likeness (QED) is 0.543. The Morgan fingerprint density at radius 3 is 2.59 bits per heavy atom. The summed E-state index contributed by atoms with van der Waals surface area (Å²) in [5.41, 5.74) is -0.563. The number of Topliss-reactive ketones (excluding diaryl/α,β-unsaturated/α-hetero) is 1. The van der Waals surface area contributed by atoms with Crippen LogP contribution in [0.25, 0.3) is 0 Å². The van der Waals surface area contributed by atoms with Crippen LogP contribution in [-0.4, -0.2) is 54.3 Å². The van der Waals surface area contributed by atoms with Crippen LogP contribution >= 0.6 is 0 Å². The van der Waals surface area contributed by atoms with Crippen molar-refractivity contribution in [3.05, 3.63) is 0 Å². The molecule has 0 aromatic rings. The average Bonchev–Trinajstić information content (AvgIpc) is 2.26. The highest BCUT2D eigenvalue weighted by molar-refractivity contribution is 6.27. The number of hydrogen-bond donors (Lipinski definition) is 1. The van der Waals surface area contributed by atoms with Crippen molar-refractivity contribution >= 4 is 18.2 Å². The molecule has 0 spiro atoms. The molecule has 0 aromatic carbocycles. The molecule has 6 heteroatoms. The monoisotopic (exact) mass is 242 g/mol. The predicted octanol–water partition coefficient (Wildman–Crippen LogP) is -0.0367. The van der Waals surface area contributed by atoms with Crippen molar-refractivity contribution in [1.29, 1.82) is 0 Å². The summed E-state index contributed by atoms with van der Waals surface area (Å²) < 4.78 is 5.20. The van der Waals surface area contributed by atoms with Gasteiger partial charge in [-0.2, -0.15) is 0 Å². The molecule has 1 aliphatic rings. The highest BCUT2D eigenvalue weighted by Gasteiger charge is 2.30. The number of rotatable bonds is 2. The van der Waals surface area contributed by atoms with Crippen LogP contribution in [0.5, 0.6) is 0 Å². The SMILES string of the molecule is CC(C)(C)OC(=O)N1CCNC(C(=O)C=O)C1. The van der Waals surface area contributed by atoms with E-state index in [9.17, 15) is 14.4 Å². The number of amides is 1. The van der Waals surface area contributed by atoms with E-state index in [0.717, 1.165) is 0 Å². The van der Waals surface area contributed by atoms with Gasteiger partial charge in [0.2, 0.25) is 5.78 Å². The van der Waals surface area contributed by atoms with Gasteiger partial charge in [-0.3, -0.25) is 9.59 Å². The number of carbonyl (C=O) groups excluding carboxylic acids is 3. The second-order valence-corrected chi connectivity index (χ2v) is 4.95. The van der Waals surface area contributed by atoms with Crippen molar-refractivity contribution in [3.8, 4) is 0 Å². The molecule has 1 fully saturated rings. The smallest absolute Gasteiger partial charge is 0.410 e. The van der Waals surface area contributed by atoms with Crippen molar-refractivity contribution < 1.29 is 19.1 Å². The van der Waals surface area contributed by atoms with Gasteiger partial charge in [0.05, 0.1) is 6.04 Å². The molecular formula is C11H18N2O4. The van der Waals surface area contributed by atoms with Gasteiger partial charge in [0.15, 0.2) is 6.29 Å². The van der Waals surface area contributed by atoms with Gasteiger partial charge in [-0.05, 0) is 20.8 Å². The van der Waals surface area contributed by atoms with E-state index in [1.807, 2.05) is 0 Å². The molecule has 0 aromatic heterocycles. The second-order valence-electron chi connectivity index (χ2n) is 4.95. The van der Waals surface area contributed by atoms with Gasteiger partial charge in [0, 0.05) is 19.6 Å². The molecule has 17 heavy (non-hydrogen) atoms. The third-order valence-corrected chi connectivity index (χ3v) is 2.29. The molecule has 6 nitrogen and oxygen atoms in total. The summed E-state index contributed by atoms with van der Waals surface area (Å²) in [7, 11) is 0. The van der Waals surface area contributed by atoms with Crippen molar-refractivity contribution in [2.75, 3.05) is 19.6 Å². The zero-order valence-electron chi connectivity index (χ0n) is 10.4. The Bertz CT molecular complexity index is 322. The first-order valence-electron chi connectivity index (χ1n) is 5.54. The molecule has 0 radical (unpaired) electrons. The Kier molecular flexibility index (Phi) is 4.22. The topological polar surface area (TPSA) is 75.7 Å². The van der Waals surface area contributed by atoms with Crippen molar-refractivity contribution in [1.82, 2.24) is 10.2 Å². The van der Waals surface area contributed by atoms with Crippen LogP contribution in [0.15, 0.2) is 0 Å². The van der Waals surface area contributed by atoms with Gasteiger partial charge >= 0.3 is 6.09 Å². The number of ketones is 1. The number of hydrogen-bond acceptors (Lipinski definition) is 5. The van der Waals surface area contributed by atoms with Crippen LogP contribution in [0.2, 0.25) is 0 Å². The maximum Gasteiger partial charge on any atom is 0.410 e. The molecule has 1 unspecified atom stereocenters. The van der Waals surface area contributed by atoms with E-state index in [0.29, 0.717) is 13.1 Å². The largest absolute Gasteiger partial charge is 0.444 e. The van der Waals surface area contributed by atoms with Crippen LogP contribution in [-0.2, 0) is 14.3 Å². The van der Waals surface area contributed by atoms with Crippen molar-refractivity contribution in [2.24, 2.45) is 0 Å². The maximum absolute atomic E-state index is 11.7. The van der Waals surface area contributed by atoms with Crippen molar-refractivity contribution in [3.63, 3.8) is 0 Å². The zero-order chi connectivity index (χ0) is 13.1. The van der Waals surface area contributed by atoms with Crippen LogP contribution < -0.4 is 5.32 Å². The summed E-state index contributed by atoms with van der Waals surface area (Å²) in [5.74, 6) is -0.543. The summed E-state index contributed by atoms with van der Waals surface area (Å²) in [6, 6.07) is -0.617. The summed E-state index contributed by atoms with van der Waals surface area (Å²) in [4.78, 5) is 34.8. The summed E-state index contributed by atoms with van der Waals surface area (Å²) in [6.45, 7) is 6.46. The number of piperazine rings is 1. The van der Waals surface area contributed by atoms with Crippen LogP contribution in [0.3, 0.4) is 0 Å². The number of nitrogens with zero attached hydrogens (tertiary/aromatic N) is 1. The molecule has 1 amide bonds. The van der Waals surface area contributed by atoms with E-state index in [-0.39, 0.29) is 12.8 Å². The number of carbonyl (C=O) groups is 3. The van der Waals surface area contributed by atoms with Gasteiger partial charge in [-0.15, -0.1) is 0 Å². The molecule has 0 aliphatic carbocycles. The Labute approximate surface area is 100 Å². The maximum atomic E-state index is 11.7. The molecule has 1 atom stereocenters. The lowest BCUT2D eigenvalue weighted by molar-refractivity contribution is -0.131. The molecule has 1 saturated heterocycles. The third-order valence-electron chi connectivity index (χ3n) is 2.29. The summed E-state index contributed by atoms with van der Waals surface area (Å²) in [6.07, 6.45) is -0.182. The average molecular weight is 242 g/mol. The van der Waals surface area contributed by atoms with Gasteiger partial charge in [-0.25, -0.2) is 4.79 Å². The van der Waals surface area contributed by atoms with Crippen LogP contribution in [0.1, 0.15) is 20.8 Å². The van der Waals surface area contributed by atoms with Gasteiger partial charge in [-0.1, -0.05) is 0 Å². The Morgan fingerprint density at radius 2 is 2.06 bits per heavy atom. The lowest BCUT2D eigenvalue weighted by Crippen LogP contribution is -2.56. The Balaban J connectivity index is 2.57. The van der Waals surface area contributed by atoms with Gasteiger partial charge in [0.1, 0.15) is 5.60 Å². The van der Waals surface area contributed by atoms with E-state index in [4.69, 9.17) is 4.74 Å². The molecular weight excluding hydrogens is 224 g/mol. The van der Waals surface area contributed by atoms with Gasteiger partial charge < -0.3 is 15.0 Å². The highest BCUT2D eigenvalue weighted by Crippen LogP contribution is 2.11. The zero-order valence-corrected chi connectivity index (χ0v) is 10.4. The molecule has 96 valence electrons. The van der Waals surface area contributed by atoms with E-state index in [2.05, 4.69) is 5.32 Å². The van der Waals surface area contributed by atoms with Gasteiger partial charge in [0.25, 0.3) is 0 Å². The standard InChI is InChI=1S/C11H18N2O4/c1-11(2,3)17-10(16)13-5-4-12-8(6-13)9(15)7-14/h7-8,12H,4-6H2,1-3H3. The number of ether oxygens (including phenoxy) is 1. The van der Waals surface area contributed by atoms with E-state index in [1.54, 1.807) is 20.8 Å². The molecule has 1 rings (SSSR count). The first-order chi connectivity index (χ1) is 7.83. The highest BCUT2D eigenvalue weighted by atomic mass is 16.6. The molecule has 0 saturated carbocycles. The minimum absolute atomic E-state index is 0.173. The van der Waals surface area contributed by atoms with E-state index >= 15 is 0 Å². The van der Waals surface area contributed by atoms with Crippen molar-refractivity contribution in [2.45, 2.75) is 32.4 Å². The first kappa shape index (κ1) is 13.6. The Morgan fingerprint density at radius 1 is 1.41 bits per heavy atom. The lowest BCUT2D eigenvalue weighted by Gasteiger charge is -2.33. The van der Waals surface area contributed by atoms with E-state index < -0.39 is 23.5 Å². The second kappa shape index (κ2) is 5.27. The minimum atomic E-state index is -0.617. The lowest BCUT2D eigenvalue weighted by atomic mass is 10.1. The number of aldehydes is 1. The molecule has 1 heterocycles. The third kappa shape index (κ3) is 4.14.